The van der Waals surface area contributed by atoms with Crippen LogP contribution in [0, 0.1) is 5.92 Å². The van der Waals surface area contributed by atoms with Crippen LogP contribution in [0.2, 0.25) is 0 Å². The van der Waals surface area contributed by atoms with Crippen LogP contribution in [0.1, 0.15) is 50.5 Å². The Hall–Kier alpha value is -0.940. The lowest BCUT2D eigenvalue weighted by atomic mass is 10.00. The van der Waals surface area contributed by atoms with Gasteiger partial charge in [0, 0.05) is 19.1 Å². The highest BCUT2D eigenvalue weighted by molar-refractivity contribution is 5.13. The molecule has 0 radical (unpaired) electrons. The third-order valence-corrected chi connectivity index (χ3v) is 3.94. The molecule has 0 spiro atoms. The zero-order chi connectivity index (χ0) is 16.0. The number of hydrogen-bond acceptors (Lipinski definition) is 4. The van der Waals surface area contributed by atoms with Crippen molar-refractivity contribution in [2.45, 2.75) is 57.8 Å². The van der Waals surface area contributed by atoms with Gasteiger partial charge in [0.1, 0.15) is 6.23 Å². The van der Waals surface area contributed by atoms with E-state index < -0.39 is 6.23 Å². The number of unbranched alkanes of at least 4 members (excludes halogenated alkanes) is 5. The second kappa shape index (κ2) is 12.6. The molecular formula is C18H31NO3. The quantitative estimate of drug-likeness (QED) is 0.387. The molecule has 4 N–H and O–H groups in total. The van der Waals surface area contributed by atoms with Gasteiger partial charge in [0.25, 0.3) is 0 Å². The van der Waals surface area contributed by atoms with Gasteiger partial charge in [0.15, 0.2) is 0 Å². The summed E-state index contributed by atoms with van der Waals surface area (Å²) in [5.74, 6) is -0.175. The molecule has 4 nitrogen and oxygen atoms in total. The summed E-state index contributed by atoms with van der Waals surface area (Å²) in [5.41, 5.74) is 6.60. The molecular weight excluding hydrogens is 278 g/mol. The van der Waals surface area contributed by atoms with Crippen molar-refractivity contribution in [2.24, 2.45) is 11.7 Å². The number of aliphatic hydroxyl groups is 2. The monoisotopic (exact) mass is 309 g/mol. The summed E-state index contributed by atoms with van der Waals surface area (Å²) in [4.78, 5) is 0. The Morgan fingerprint density at radius 2 is 1.59 bits per heavy atom. The maximum Gasteiger partial charge on any atom is 0.107 e. The average Bonchev–Trinajstić information content (AvgIpc) is 2.53. The van der Waals surface area contributed by atoms with E-state index in [0.717, 1.165) is 32.3 Å². The Morgan fingerprint density at radius 3 is 2.23 bits per heavy atom. The van der Waals surface area contributed by atoms with Crippen LogP contribution in [-0.4, -0.2) is 29.7 Å². The number of nitrogens with two attached hydrogens (primary N) is 1. The zero-order valence-electron chi connectivity index (χ0n) is 13.5. The standard InChI is InChI=1S/C18H31NO3/c19-18(21)17(14-20)12-8-3-1-2-4-9-13-22-15-16-10-6-5-7-11-16/h5-7,10-11,17-18,20-21H,1-4,8-9,12-15,19H2. The van der Waals surface area contributed by atoms with Crippen LogP contribution in [0.3, 0.4) is 0 Å². The molecule has 1 aromatic carbocycles. The second-order valence-electron chi connectivity index (χ2n) is 5.88. The Kier molecular flexibility index (Phi) is 10.9. The topological polar surface area (TPSA) is 75.7 Å². The van der Waals surface area contributed by atoms with Crippen LogP contribution in [0.5, 0.6) is 0 Å². The van der Waals surface area contributed by atoms with Crippen molar-refractivity contribution in [3.05, 3.63) is 35.9 Å². The van der Waals surface area contributed by atoms with Crippen molar-refractivity contribution < 1.29 is 14.9 Å². The first-order valence-electron chi connectivity index (χ1n) is 8.40. The lowest BCUT2D eigenvalue weighted by Crippen LogP contribution is -2.31. The molecule has 0 aliphatic carbocycles. The first kappa shape index (κ1) is 19.1. The predicted octanol–water partition coefficient (Wildman–Crippen LogP) is 2.82. The summed E-state index contributed by atoms with van der Waals surface area (Å²) >= 11 is 0. The van der Waals surface area contributed by atoms with Crippen molar-refractivity contribution in [3.63, 3.8) is 0 Å². The summed E-state index contributed by atoms with van der Waals surface area (Å²) < 4.78 is 5.65. The molecule has 0 heterocycles. The van der Waals surface area contributed by atoms with Crippen LogP contribution < -0.4 is 5.73 Å². The molecule has 1 aromatic rings. The van der Waals surface area contributed by atoms with E-state index in [-0.39, 0.29) is 12.5 Å². The van der Waals surface area contributed by atoms with E-state index in [0.29, 0.717) is 6.61 Å². The first-order chi connectivity index (χ1) is 10.7. The van der Waals surface area contributed by atoms with E-state index >= 15 is 0 Å². The van der Waals surface area contributed by atoms with Gasteiger partial charge in [-0.1, -0.05) is 62.4 Å². The van der Waals surface area contributed by atoms with E-state index in [1.54, 1.807) is 0 Å². The summed E-state index contributed by atoms with van der Waals surface area (Å²) in [5, 5.41) is 18.3. The lowest BCUT2D eigenvalue weighted by Gasteiger charge is -2.16. The van der Waals surface area contributed by atoms with Crippen molar-refractivity contribution >= 4 is 0 Å². The number of ether oxygens (including phenoxy) is 1. The van der Waals surface area contributed by atoms with Gasteiger partial charge in [0.2, 0.25) is 0 Å². The van der Waals surface area contributed by atoms with Crippen LogP contribution >= 0.6 is 0 Å². The van der Waals surface area contributed by atoms with Gasteiger partial charge in [-0.3, -0.25) is 0 Å². The number of rotatable bonds is 13. The van der Waals surface area contributed by atoms with Crippen LogP contribution in [0.25, 0.3) is 0 Å². The number of benzene rings is 1. The largest absolute Gasteiger partial charge is 0.396 e. The third kappa shape index (κ3) is 9.15. The van der Waals surface area contributed by atoms with Gasteiger partial charge < -0.3 is 20.7 Å². The Morgan fingerprint density at radius 1 is 0.955 bits per heavy atom. The summed E-state index contributed by atoms with van der Waals surface area (Å²) in [6.45, 7) is 1.49. The van der Waals surface area contributed by atoms with Crippen molar-refractivity contribution in [1.29, 1.82) is 0 Å². The van der Waals surface area contributed by atoms with Gasteiger partial charge in [-0.15, -0.1) is 0 Å². The molecule has 22 heavy (non-hydrogen) atoms. The van der Waals surface area contributed by atoms with Crippen molar-refractivity contribution in [1.82, 2.24) is 0 Å². The summed E-state index contributed by atoms with van der Waals surface area (Å²) in [6.07, 6.45) is 6.76. The molecule has 0 saturated carbocycles. The van der Waals surface area contributed by atoms with Gasteiger partial charge in [-0.05, 0) is 18.4 Å². The fourth-order valence-corrected chi connectivity index (χ4v) is 2.45. The first-order valence-corrected chi connectivity index (χ1v) is 8.40. The maximum absolute atomic E-state index is 9.22. The van der Waals surface area contributed by atoms with Gasteiger partial charge in [-0.25, -0.2) is 0 Å². The fraction of sp³-hybridized carbons (Fsp3) is 0.667. The highest BCUT2D eigenvalue weighted by Crippen LogP contribution is 2.13. The summed E-state index contributed by atoms with van der Waals surface area (Å²) in [7, 11) is 0. The zero-order valence-corrected chi connectivity index (χ0v) is 13.5. The van der Waals surface area contributed by atoms with Crippen LogP contribution in [0.4, 0.5) is 0 Å². The molecule has 0 bridgehead atoms. The van der Waals surface area contributed by atoms with Crippen LogP contribution in [0.15, 0.2) is 30.3 Å². The molecule has 0 aromatic heterocycles. The average molecular weight is 309 g/mol. The number of hydrogen-bond donors (Lipinski definition) is 3. The Labute approximate surface area is 134 Å². The molecule has 0 fully saturated rings. The van der Waals surface area contributed by atoms with E-state index in [9.17, 15) is 5.11 Å². The smallest absolute Gasteiger partial charge is 0.107 e. The highest BCUT2D eigenvalue weighted by Gasteiger charge is 2.13. The van der Waals surface area contributed by atoms with Gasteiger partial charge in [-0.2, -0.15) is 0 Å². The third-order valence-electron chi connectivity index (χ3n) is 3.94. The predicted molar refractivity (Wildman–Crippen MR) is 89.2 cm³/mol. The Bertz CT molecular complexity index is 357. The minimum atomic E-state index is -0.897. The normalized spacial score (nSPS) is 14.0. The van der Waals surface area contributed by atoms with Gasteiger partial charge in [0.05, 0.1) is 6.61 Å². The lowest BCUT2D eigenvalue weighted by molar-refractivity contribution is 0.0656. The van der Waals surface area contributed by atoms with Gasteiger partial charge >= 0.3 is 0 Å². The molecule has 1 rings (SSSR count). The van der Waals surface area contributed by atoms with E-state index in [1.165, 1.54) is 24.8 Å². The van der Waals surface area contributed by atoms with E-state index in [4.69, 9.17) is 15.6 Å². The molecule has 2 atom stereocenters. The van der Waals surface area contributed by atoms with E-state index in [1.807, 2.05) is 18.2 Å². The molecule has 0 amide bonds. The fourth-order valence-electron chi connectivity index (χ4n) is 2.45. The van der Waals surface area contributed by atoms with Crippen molar-refractivity contribution in [3.8, 4) is 0 Å². The second-order valence-corrected chi connectivity index (χ2v) is 5.88. The molecule has 2 unspecified atom stereocenters. The Balaban J connectivity index is 1.86. The molecule has 0 aliphatic heterocycles. The summed E-state index contributed by atoms with van der Waals surface area (Å²) in [6, 6.07) is 10.2. The van der Waals surface area contributed by atoms with E-state index in [2.05, 4.69) is 12.1 Å². The van der Waals surface area contributed by atoms with Crippen molar-refractivity contribution in [2.75, 3.05) is 13.2 Å². The minimum Gasteiger partial charge on any atom is -0.396 e. The van der Waals surface area contributed by atoms with Crippen LogP contribution in [-0.2, 0) is 11.3 Å². The minimum absolute atomic E-state index is 0.0313. The molecule has 4 heteroatoms. The SMILES string of the molecule is NC(O)C(CO)CCCCCCCCOCc1ccccc1. The molecule has 0 saturated heterocycles. The molecule has 0 aliphatic rings. The maximum atomic E-state index is 9.22. The number of aliphatic hydroxyl groups excluding tert-OH is 2. The molecule has 126 valence electrons. The highest BCUT2D eigenvalue weighted by atomic mass is 16.5.